The fourth-order valence-electron chi connectivity index (χ4n) is 2.14. The van der Waals surface area contributed by atoms with E-state index >= 15 is 0 Å². The molecule has 0 saturated heterocycles. The zero-order valence-electron chi connectivity index (χ0n) is 11.5. The predicted octanol–water partition coefficient (Wildman–Crippen LogP) is 3.63. The minimum atomic E-state index is -4.87. The Morgan fingerprint density at radius 3 is 2.25 bits per heavy atom. The minimum absolute atomic E-state index is 0.242. The molecule has 1 atom stereocenters. The molecule has 1 aromatic rings. The molecular formula is C14H17F4O2. The van der Waals surface area contributed by atoms with Gasteiger partial charge in [0, 0.05) is 5.56 Å². The Morgan fingerprint density at radius 1 is 1.25 bits per heavy atom. The molecule has 2 nitrogen and oxygen atoms in total. The highest BCUT2D eigenvalue weighted by atomic mass is 19.4. The molecule has 0 saturated carbocycles. The first-order valence-corrected chi connectivity index (χ1v) is 5.89. The lowest BCUT2D eigenvalue weighted by Crippen LogP contribution is -2.46. The Kier molecular flexibility index (Phi) is 4.39. The van der Waals surface area contributed by atoms with Gasteiger partial charge < -0.3 is 9.84 Å². The largest absolute Gasteiger partial charge is 0.496 e. The Bertz CT molecular complexity index is 479. The Hall–Kier alpha value is -1.30. The zero-order valence-corrected chi connectivity index (χ0v) is 11.5. The second kappa shape index (κ2) is 5.24. The number of rotatable bonds is 4. The summed E-state index contributed by atoms with van der Waals surface area (Å²) in [6.07, 6.45) is -5.59. The van der Waals surface area contributed by atoms with Crippen molar-refractivity contribution in [1.29, 1.82) is 0 Å². The third-order valence-electron chi connectivity index (χ3n) is 3.15. The van der Waals surface area contributed by atoms with Gasteiger partial charge in [-0.3, -0.25) is 0 Å². The van der Waals surface area contributed by atoms with Gasteiger partial charge >= 0.3 is 6.18 Å². The van der Waals surface area contributed by atoms with Crippen LogP contribution in [0.1, 0.15) is 25.8 Å². The van der Waals surface area contributed by atoms with E-state index in [4.69, 9.17) is 4.74 Å². The van der Waals surface area contributed by atoms with E-state index in [1.54, 1.807) is 0 Å². The van der Waals surface area contributed by atoms with Crippen LogP contribution in [0, 0.1) is 12.7 Å². The van der Waals surface area contributed by atoms with Crippen LogP contribution in [-0.2, 0) is 5.41 Å². The topological polar surface area (TPSA) is 29.5 Å². The van der Waals surface area contributed by atoms with Gasteiger partial charge in [-0.1, -0.05) is 13.8 Å². The molecule has 113 valence electrons. The maximum Gasteiger partial charge on any atom is 0.417 e. The summed E-state index contributed by atoms with van der Waals surface area (Å²) in [6.45, 7) is 5.75. The molecule has 1 N–H and O–H groups in total. The first-order valence-electron chi connectivity index (χ1n) is 5.89. The molecule has 1 unspecified atom stereocenters. The summed E-state index contributed by atoms with van der Waals surface area (Å²) >= 11 is 0. The summed E-state index contributed by atoms with van der Waals surface area (Å²) in [5.74, 6) is -0.331. The van der Waals surface area contributed by atoms with E-state index in [-0.39, 0.29) is 11.3 Å². The van der Waals surface area contributed by atoms with Crippen LogP contribution in [0.5, 0.6) is 5.75 Å². The predicted molar refractivity (Wildman–Crippen MR) is 67.0 cm³/mol. The van der Waals surface area contributed by atoms with Gasteiger partial charge in [-0.2, -0.15) is 13.2 Å². The van der Waals surface area contributed by atoms with Crippen LogP contribution in [0.15, 0.2) is 18.2 Å². The van der Waals surface area contributed by atoms with Gasteiger partial charge in [0.05, 0.1) is 7.11 Å². The van der Waals surface area contributed by atoms with Crippen molar-refractivity contribution in [2.75, 3.05) is 7.11 Å². The molecule has 0 bridgehead atoms. The third kappa shape index (κ3) is 3.42. The molecule has 0 fully saturated rings. The number of benzene rings is 1. The molecule has 0 aromatic heterocycles. The Morgan fingerprint density at radius 2 is 1.80 bits per heavy atom. The van der Waals surface area contributed by atoms with Gasteiger partial charge in [-0.05, 0) is 37.0 Å². The first kappa shape index (κ1) is 16.8. The smallest absolute Gasteiger partial charge is 0.417 e. The number of hydrogen-bond donors (Lipinski definition) is 1. The standard InChI is InChI=1S/C14H17F4O2/c1-12(2,8-13(3,19)14(16,17)18)10-7-9(15)5-6-11(10)20-4/h5-7,19H,3,8H2,1-2,4H3. The lowest BCUT2D eigenvalue weighted by Gasteiger charge is -2.36. The summed E-state index contributed by atoms with van der Waals surface area (Å²) in [7, 11) is 1.34. The van der Waals surface area contributed by atoms with Crippen molar-refractivity contribution < 1.29 is 27.4 Å². The van der Waals surface area contributed by atoms with Gasteiger partial charge in [0.25, 0.3) is 0 Å². The molecule has 0 amide bonds. The van der Waals surface area contributed by atoms with Crippen molar-refractivity contribution >= 4 is 0 Å². The molecule has 6 heteroatoms. The fourth-order valence-corrected chi connectivity index (χ4v) is 2.14. The van der Waals surface area contributed by atoms with Gasteiger partial charge in [0.2, 0.25) is 0 Å². The lowest BCUT2D eigenvalue weighted by molar-refractivity contribution is -0.247. The minimum Gasteiger partial charge on any atom is -0.496 e. The van der Waals surface area contributed by atoms with Crippen LogP contribution in [-0.4, -0.2) is 24.0 Å². The van der Waals surface area contributed by atoms with Crippen molar-refractivity contribution in [2.45, 2.75) is 37.5 Å². The highest BCUT2D eigenvalue weighted by molar-refractivity contribution is 5.39. The monoisotopic (exact) mass is 293 g/mol. The highest BCUT2D eigenvalue weighted by Crippen LogP contribution is 2.43. The molecule has 0 aliphatic heterocycles. The number of aliphatic hydroxyl groups is 1. The molecule has 1 rings (SSSR count). The fraction of sp³-hybridized carbons (Fsp3) is 0.500. The summed E-state index contributed by atoms with van der Waals surface area (Å²) < 4.78 is 56.5. The van der Waals surface area contributed by atoms with E-state index < -0.39 is 29.4 Å². The van der Waals surface area contributed by atoms with Crippen LogP contribution in [0.2, 0.25) is 0 Å². The van der Waals surface area contributed by atoms with Gasteiger partial charge in [-0.25, -0.2) is 4.39 Å². The molecule has 0 aliphatic rings. The molecule has 0 heterocycles. The maximum absolute atomic E-state index is 13.3. The van der Waals surface area contributed by atoms with E-state index in [0.717, 1.165) is 12.1 Å². The van der Waals surface area contributed by atoms with E-state index in [2.05, 4.69) is 6.92 Å². The quantitative estimate of drug-likeness (QED) is 0.859. The molecule has 20 heavy (non-hydrogen) atoms. The third-order valence-corrected chi connectivity index (χ3v) is 3.15. The Balaban J connectivity index is 3.20. The van der Waals surface area contributed by atoms with E-state index in [1.165, 1.54) is 27.0 Å². The number of alkyl halides is 3. The summed E-state index contributed by atoms with van der Waals surface area (Å²) in [6, 6.07) is 3.59. The number of methoxy groups -OCH3 is 1. The van der Waals surface area contributed by atoms with Crippen LogP contribution in [0.25, 0.3) is 0 Å². The Labute approximate surface area is 115 Å². The summed E-state index contributed by atoms with van der Waals surface area (Å²) in [5.41, 5.74) is -4.06. The average Bonchev–Trinajstić information content (AvgIpc) is 2.26. The molecular weight excluding hydrogens is 276 g/mol. The zero-order chi connectivity index (χ0) is 15.8. The second-order valence-electron chi connectivity index (χ2n) is 5.43. The van der Waals surface area contributed by atoms with Crippen LogP contribution in [0.4, 0.5) is 17.6 Å². The average molecular weight is 293 g/mol. The number of ether oxygens (including phenoxy) is 1. The van der Waals surface area contributed by atoms with Gasteiger partial charge in [-0.15, -0.1) is 0 Å². The van der Waals surface area contributed by atoms with Crippen LogP contribution < -0.4 is 4.74 Å². The number of halogens is 4. The van der Waals surface area contributed by atoms with Crippen molar-refractivity contribution in [3.05, 3.63) is 36.5 Å². The van der Waals surface area contributed by atoms with E-state index in [0.29, 0.717) is 0 Å². The lowest BCUT2D eigenvalue weighted by atomic mass is 9.75. The van der Waals surface area contributed by atoms with Gasteiger partial charge in [0.1, 0.15) is 11.6 Å². The number of hydrogen-bond acceptors (Lipinski definition) is 2. The maximum atomic E-state index is 13.3. The van der Waals surface area contributed by atoms with E-state index in [1.807, 2.05) is 0 Å². The van der Waals surface area contributed by atoms with Crippen LogP contribution >= 0.6 is 0 Å². The summed E-state index contributed by atoms with van der Waals surface area (Å²) in [5, 5.41) is 9.51. The summed E-state index contributed by atoms with van der Waals surface area (Å²) in [4.78, 5) is 0. The van der Waals surface area contributed by atoms with Crippen LogP contribution in [0.3, 0.4) is 0 Å². The molecule has 1 aromatic carbocycles. The molecule has 0 aliphatic carbocycles. The van der Waals surface area contributed by atoms with E-state index in [9.17, 15) is 22.7 Å². The highest BCUT2D eigenvalue weighted by Gasteiger charge is 2.52. The molecule has 1 radical (unpaired) electrons. The SMILES string of the molecule is [CH2]C(O)(CC(C)(C)c1cc(F)ccc1OC)C(F)(F)F. The second-order valence-corrected chi connectivity index (χ2v) is 5.43. The molecule has 0 spiro atoms. The van der Waals surface area contributed by atoms with Crippen molar-refractivity contribution in [3.63, 3.8) is 0 Å². The van der Waals surface area contributed by atoms with Crippen molar-refractivity contribution in [2.24, 2.45) is 0 Å². The first-order chi connectivity index (χ1) is 8.90. The van der Waals surface area contributed by atoms with Crippen molar-refractivity contribution in [1.82, 2.24) is 0 Å². The van der Waals surface area contributed by atoms with Crippen molar-refractivity contribution in [3.8, 4) is 5.75 Å². The normalized spacial score (nSPS) is 15.8. The van der Waals surface area contributed by atoms with Gasteiger partial charge in [0.15, 0.2) is 5.60 Å².